The number of nitrogens with zero attached hydrogens (tertiary/aromatic N) is 1. The van der Waals surface area contributed by atoms with Crippen LogP contribution in [-0.4, -0.2) is 0 Å². The molecule has 11 aromatic rings. The van der Waals surface area contributed by atoms with Crippen molar-refractivity contribution in [2.45, 2.75) is 0 Å². The molecule has 0 saturated carbocycles. The van der Waals surface area contributed by atoms with Crippen molar-refractivity contribution in [3.63, 3.8) is 0 Å². The van der Waals surface area contributed by atoms with Crippen LogP contribution in [0, 0.1) is 0 Å². The highest BCUT2D eigenvalue weighted by atomic mass is 32.1. The minimum atomic E-state index is 0.934. The lowest BCUT2D eigenvalue weighted by molar-refractivity contribution is 0.673. The number of benzene rings is 8. The second kappa shape index (κ2) is 10.8. The average Bonchev–Trinajstić information content (AvgIpc) is 3.87. The van der Waals surface area contributed by atoms with Gasteiger partial charge in [0.05, 0.1) is 10.4 Å². The molecule has 0 spiro atoms. The molecule has 0 unspecified atom stereocenters. The first-order chi connectivity index (χ1) is 24.8. The Kier molecular flexibility index (Phi) is 6.03. The Morgan fingerprint density at radius 2 is 1.16 bits per heavy atom. The van der Waals surface area contributed by atoms with E-state index >= 15 is 0 Å². The molecule has 0 N–H and O–H groups in total. The summed E-state index contributed by atoms with van der Waals surface area (Å²) in [6, 6.07) is 59.4. The molecule has 8 aromatic carbocycles. The standard InChI is InChI=1S/C46H27NOS2/c1-2-9-28(10-3-1)29-17-20-31(21-18-29)47(38-15-8-14-35-34-13-6-7-16-40(34)50-46(35)38)32-22-24-36-42(27-32)49-41-26-25-39-43(44(36)41)37-23-19-30-11-4-5-12-33(30)45(37)48-39/h1-27H. The normalized spacial score (nSPS) is 12.0. The summed E-state index contributed by atoms with van der Waals surface area (Å²) < 4.78 is 11.7. The van der Waals surface area contributed by atoms with E-state index in [1.807, 2.05) is 22.7 Å². The summed E-state index contributed by atoms with van der Waals surface area (Å²) >= 11 is 3.72. The molecule has 0 radical (unpaired) electrons. The monoisotopic (exact) mass is 673 g/mol. The van der Waals surface area contributed by atoms with Crippen LogP contribution in [0.3, 0.4) is 0 Å². The van der Waals surface area contributed by atoms with Gasteiger partial charge in [0.25, 0.3) is 0 Å². The van der Waals surface area contributed by atoms with Crippen molar-refractivity contribution in [1.29, 1.82) is 0 Å². The number of anilines is 3. The molecule has 0 aliphatic carbocycles. The van der Waals surface area contributed by atoms with Crippen LogP contribution in [-0.2, 0) is 0 Å². The maximum Gasteiger partial charge on any atom is 0.143 e. The van der Waals surface area contributed by atoms with Gasteiger partial charge in [-0.1, -0.05) is 109 Å². The highest BCUT2D eigenvalue weighted by molar-refractivity contribution is 7.26. The Morgan fingerprint density at radius 3 is 2.06 bits per heavy atom. The van der Waals surface area contributed by atoms with Crippen molar-refractivity contribution in [2.75, 3.05) is 4.90 Å². The molecule has 11 rings (SSSR count). The van der Waals surface area contributed by atoms with Gasteiger partial charge in [0.2, 0.25) is 0 Å². The Morgan fingerprint density at radius 1 is 0.420 bits per heavy atom. The fraction of sp³-hybridized carbons (Fsp3) is 0. The Labute approximate surface area is 295 Å². The summed E-state index contributed by atoms with van der Waals surface area (Å²) in [5.41, 5.74) is 7.78. The number of furan rings is 1. The van der Waals surface area contributed by atoms with Gasteiger partial charge in [-0.05, 0) is 71.1 Å². The second-order valence-electron chi connectivity index (χ2n) is 12.9. The lowest BCUT2D eigenvalue weighted by Crippen LogP contribution is -2.09. The van der Waals surface area contributed by atoms with E-state index in [0.29, 0.717) is 0 Å². The molecule has 50 heavy (non-hydrogen) atoms. The summed E-state index contributed by atoms with van der Waals surface area (Å²) in [6.45, 7) is 0. The summed E-state index contributed by atoms with van der Waals surface area (Å²) in [5.74, 6) is 0. The van der Waals surface area contributed by atoms with Crippen LogP contribution in [0.4, 0.5) is 17.1 Å². The van der Waals surface area contributed by atoms with Crippen LogP contribution in [0.1, 0.15) is 0 Å². The highest BCUT2D eigenvalue weighted by Crippen LogP contribution is 2.48. The van der Waals surface area contributed by atoms with Crippen LogP contribution < -0.4 is 4.90 Å². The van der Waals surface area contributed by atoms with Gasteiger partial charge in [-0.25, -0.2) is 0 Å². The SMILES string of the molecule is c1ccc(-c2ccc(N(c3ccc4c(c3)sc3ccc5oc6c7ccccc7ccc6c5c34)c3cccc4c3sc3ccccc34)cc2)cc1. The van der Waals surface area contributed by atoms with E-state index in [0.717, 1.165) is 27.9 Å². The topological polar surface area (TPSA) is 16.4 Å². The lowest BCUT2D eigenvalue weighted by atomic mass is 10.0. The van der Waals surface area contributed by atoms with Crippen molar-refractivity contribution < 1.29 is 4.42 Å². The molecule has 0 amide bonds. The van der Waals surface area contributed by atoms with Gasteiger partial charge in [-0.3, -0.25) is 0 Å². The summed E-state index contributed by atoms with van der Waals surface area (Å²) in [7, 11) is 0. The lowest BCUT2D eigenvalue weighted by Gasteiger charge is -2.26. The van der Waals surface area contributed by atoms with Crippen molar-refractivity contribution in [2.24, 2.45) is 0 Å². The molecule has 2 nitrogen and oxygen atoms in total. The number of fused-ring (bicyclic) bond motifs is 12. The molecule has 234 valence electrons. The maximum absolute atomic E-state index is 6.57. The molecule has 0 aliphatic rings. The highest BCUT2D eigenvalue weighted by Gasteiger charge is 2.21. The van der Waals surface area contributed by atoms with Gasteiger partial charge in [0.1, 0.15) is 11.2 Å². The summed E-state index contributed by atoms with van der Waals surface area (Å²) in [5, 5.41) is 9.84. The van der Waals surface area contributed by atoms with E-state index in [1.165, 1.54) is 73.3 Å². The van der Waals surface area contributed by atoms with Gasteiger partial charge in [-0.2, -0.15) is 0 Å². The fourth-order valence-electron chi connectivity index (χ4n) is 7.76. The first-order valence-electron chi connectivity index (χ1n) is 16.8. The molecule has 0 saturated heterocycles. The van der Waals surface area contributed by atoms with Gasteiger partial charge in [0.15, 0.2) is 0 Å². The second-order valence-corrected chi connectivity index (χ2v) is 15.0. The quantitative estimate of drug-likeness (QED) is 0.185. The van der Waals surface area contributed by atoms with E-state index in [9.17, 15) is 0 Å². The summed E-state index contributed by atoms with van der Waals surface area (Å²) in [4.78, 5) is 2.44. The van der Waals surface area contributed by atoms with Crippen LogP contribution in [0.25, 0.3) is 84.2 Å². The molecule has 0 fully saturated rings. The Hall–Kier alpha value is -5.94. The maximum atomic E-state index is 6.57. The third-order valence-electron chi connectivity index (χ3n) is 10.1. The van der Waals surface area contributed by atoms with E-state index in [1.54, 1.807) is 0 Å². The Bertz CT molecular complexity index is 3090. The van der Waals surface area contributed by atoms with Crippen molar-refractivity contribution >= 4 is 113 Å². The zero-order valence-electron chi connectivity index (χ0n) is 26.8. The number of thiophene rings is 2. The largest absolute Gasteiger partial charge is 0.455 e. The van der Waals surface area contributed by atoms with Crippen molar-refractivity contribution in [1.82, 2.24) is 0 Å². The molecule has 3 heterocycles. The van der Waals surface area contributed by atoms with E-state index in [-0.39, 0.29) is 0 Å². The molecular weight excluding hydrogens is 647 g/mol. The minimum Gasteiger partial charge on any atom is -0.455 e. The van der Waals surface area contributed by atoms with E-state index in [4.69, 9.17) is 4.42 Å². The van der Waals surface area contributed by atoms with Crippen LogP contribution in [0.2, 0.25) is 0 Å². The van der Waals surface area contributed by atoms with Gasteiger partial charge >= 0.3 is 0 Å². The third-order valence-corrected chi connectivity index (χ3v) is 12.4. The zero-order chi connectivity index (χ0) is 32.8. The molecule has 3 aromatic heterocycles. The van der Waals surface area contributed by atoms with E-state index in [2.05, 4.69) is 169 Å². The number of rotatable bonds is 4. The molecule has 0 aliphatic heterocycles. The molecule has 4 heteroatoms. The van der Waals surface area contributed by atoms with Crippen LogP contribution in [0.15, 0.2) is 168 Å². The first kappa shape index (κ1) is 28.0. The third kappa shape index (κ3) is 4.13. The van der Waals surface area contributed by atoms with Gasteiger partial charge < -0.3 is 9.32 Å². The first-order valence-corrected chi connectivity index (χ1v) is 18.5. The summed E-state index contributed by atoms with van der Waals surface area (Å²) in [6.07, 6.45) is 0. The molecular formula is C46H27NOS2. The average molecular weight is 674 g/mol. The fourth-order valence-corrected chi connectivity index (χ4v) is 10.1. The minimum absolute atomic E-state index is 0.934. The Balaban J connectivity index is 1.14. The molecule has 0 atom stereocenters. The predicted molar refractivity (Wildman–Crippen MR) is 217 cm³/mol. The zero-order valence-corrected chi connectivity index (χ0v) is 28.4. The van der Waals surface area contributed by atoms with Crippen molar-refractivity contribution in [3.8, 4) is 11.1 Å². The van der Waals surface area contributed by atoms with E-state index < -0.39 is 0 Å². The van der Waals surface area contributed by atoms with Gasteiger partial charge in [-0.15, -0.1) is 22.7 Å². The van der Waals surface area contributed by atoms with Crippen LogP contribution >= 0.6 is 22.7 Å². The molecule has 0 bridgehead atoms. The van der Waals surface area contributed by atoms with Crippen LogP contribution in [0.5, 0.6) is 0 Å². The van der Waals surface area contributed by atoms with Gasteiger partial charge in [0, 0.05) is 63.2 Å². The smallest absolute Gasteiger partial charge is 0.143 e. The number of hydrogen-bond donors (Lipinski definition) is 0. The predicted octanol–water partition coefficient (Wildman–Crippen LogP) is 14.6. The number of hydrogen-bond acceptors (Lipinski definition) is 4. The van der Waals surface area contributed by atoms with Crippen molar-refractivity contribution in [3.05, 3.63) is 164 Å².